The number of carbonyl (C=O) groups is 1. The lowest BCUT2D eigenvalue weighted by Gasteiger charge is -2.28. The second kappa shape index (κ2) is 12.5. The molecule has 0 radical (unpaired) electrons. The molecule has 3 aromatic rings. The van der Waals surface area contributed by atoms with Crippen molar-refractivity contribution in [2.45, 2.75) is 57.8 Å². The Labute approximate surface area is 218 Å². The number of ether oxygens (including phenoxy) is 1. The highest BCUT2D eigenvalue weighted by Crippen LogP contribution is 2.30. The summed E-state index contributed by atoms with van der Waals surface area (Å²) in [5.74, 6) is -1.01. The Morgan fingerprint density at radius 3 is 2.57 bits per heavy atom. The quantitative estimate of drug-likeness (QED) is 0.356. The minimum atomic E-state index is -0.849. The topological polar surface area (TPSA) is 70.0 Å². The Morgan fingerprint density at radius 2 is 1.84 bits per heavy atom. The summed E-state index contributed by atoms with van der Waals surface area (Å²) >= 11 is 0. The molecule has 0 aromatic heterocycles. The fourth-order valence-corrected chi connectivity index (χ4v) is 5.16. The number of halogens is 1. The first kappa shape index (κ1) is 27.0. The maximum Gasteiger partial charge on any atom is 0.307 e. The Kier molecular flexibility index (Phi) is 9.09. The number of aliphatic carboxylic acids is 1. The van der Waals surface area contributed by atoms with Crippen LogP contribution in [0.4, 0.5) is 4.39 Å². The van der Waals surface area contributed by atoms with Crippen LogP contribution < -0.4 is 0 Å². The average Bonchev–Trinajstić information content (AvgIpc) is 3.31. The summed E-state index contributed by atoms with van der Waals surface area (Å²) in [5.41, 5.74) is 5.44. The van der Waals surface area contributed by atoms with E-state index in [4.69, 9.17) is 9.84 Å². The number of hydrogen-bond donors (Lipinski definition) is 2. The van der Waals surface area contributed by atoms with Gasteiger partial charge in [0.05, 0.1) is 25.2 Å². The summed E-state index contributed by atoms with van der Waals surface area (Å²) < 4.78 is 20.1. The second-order valence-electron chi connectivity index (χ2n) is 10.1. The van der Waals surface area contributed by atoms with Gasteiger partial charge in [0.2, 0.25) is 0 Å². The zero-order chi connectivity index (χ0) is 26.4. The molecule has 1 heterocycles. The molecule has 3 aromatic carbocycles. The van der Waals surface area contributed by atoms with Crippen molar-refractivity contribution >= 4 is 5.97 Å². The molecule has 1 aliphatic heterocycles. The van der Waals surface area contributed by atoms with Crippen molar-refractivity contribution in [1.82, 2.24) is 4.90 Å². The molecule has 0 saturated carbocycles. The van der Waals surface area contributed by atoms with Crippen LogP contribution in [0.5, 0.6) is 0 Å². The number of aliphatic hydroxyl groups excluding tert-OH is 1. The highest BCUT2D eigenvalue weighted by Gasteiger charge is 2.27. The van der Waals surface area contributed by atoms with Crippen molar-refractivity contribution in [3.05, 3.63) is 94.8 Å². The normalized spacial score (nSPS) is 17.6. The van der Waals surface area contributed by atoms with E-state index in [-0.39, 0.29) is 24.9 Å². The predicted molar refractivity (Wildman–Crippen MR) is 143 cm³/mol. The molecule has 6 heteroatoms. The minimum absolute atomic E-state index is 0.000882. The molecule has 1 fully saturated rings. The minimum Gasteiger partial charge on any atom is -0.481 e. The lowest BCUT2D eigenvalue weighted by molar-refractivity contribution is -0.136. The van der Waals surface area contributed by atoms with Crippen LogP contribution >= 0.6 is 0 Å². The van der Waals surface area contributed by atoms with Gasteiger partial charge in [-0.15, -0.1) is 0 Å². The van der Waals surface area contributed by atoms with E-state index in [0.29, 0.717) is 18.2 Å². The molecule has 1 aliphatic rings. The van der Waals surface area contributed by atoms with Gasteiger partial charge in [-0.25, -0.2) is 4.39 Å². The number of nitrogens with zero attached hydrogens (tertiary/aromatic N) is 1. The monoisotopic (exact) mass is 505 g/mol. The fraction of sp³-hybridized carbons (Fsp3) is 0.387. The van der Waals surface area contributed by atoms with Gasteiger partial charge >= 0.3 is 5.97 Å². The molecule has 0 spiro atoms. The van der Waals surface area contributed by atoms with E-state index in [2.05, 4.69) is 4.90 Å². The first-order chi connectivity index (χ1) is 17.8. The number of β-amino-alcohol motifs (C(OH)–C–C–N with tert-alkyl or cyclic N) is 1. The summed E-state index contributed by atoms with van der Waals surface area (Å²) in [6.07, 6.45) is 2.04. The van der Waals surface area contributed by atoms with E-state index in [9.17, 15) is 14.3 Å². The van der Waals surface area contributed by atoms with Crippen molar-refractivity contribution in [2.75, 3.05) is 19.7 Å². The molecule has 3 atom stereocenters. The number of carboxylic acid groups (broad SMARTS) is 1. The maximum absolute atomic E-state index is 14.0. The summed E-state index contributed by atoms with van der Waals surface area (Å²) in [4.78, 5) is 13.3. The van der Waals surface area contributed by atoms with Crippen molar-refractivity contribution in [2.24, 2.45) is 0 Å². The molecule has 4 rings (SSSR count). The van der Waals surface area contributed by atoms with E-state index < -0.39 is 12.1 Å². The molecule has 0 unspecified atom stereocenters. The van der Waals surface area contributed by atoms with Crippen LogP contribution in [0.25, 0.3) is 11.1 Å². The highest BCUT2D eigenvalue weighted by molar-refractivity contribution is 5.72. The molecular weight excluding hydrogens is 469 g/mol. The number of aliphatic hydroxyl groups is 1. The van der Waals surface area contributed by atoms with Gasteiger partial charge in [0.25, 0.3) is 0 Å². The summed E-state index contributed by atoms with van der Waals surface area (Å²) in [5, 5.41) is 19.8. The molecule has 5 nitrogen and oxygen atoms in total. The third kappa shape index (κ3) is 7.25. The van der Waals surface area contributed by atoms with Crippen LogP contribution in [0, 0.1) is 12.7 Å². The van der Waals surface area contributed by atoms with Gasteiger partial charge in [-0.2, -0.15) is 0 Å². The largest absolute Gasteiger partial charge is 0.481 e. The number of carboxylic acids is 1. The standard InChI is InChI=1S/C31H36FNO4/c1-21-9-10-24(17-30(21)32)16-26-6-5-15-33(26)19-27(34)20-37-22(2)28-7-3-4-8-29(28)25-13-11-23(12-14-25)18-31(35)36/h3-4,7-14,17,22,26-27,34H,5-6,15-16,18-20H2,1-2H3,(H,35,36)/t22-,26+,27-/m1/s1. The van der Waals surface area contributed by atoms with Crippen LogP contribution in [0.2, 0.25) is 0 Å². The van der Waals surface area contributed by atoms with Crippen molar-refractivity contribution in [1.29, 1.82) is 0 Å². The highest BCUT2D eigenvalue weighted by atomic mass is 19.1. The predicted octanol–water partition coefficient (Wildman–Crippen LogP) is 5.57. The molecule has 0 amide bonds. The van der Waals surface area contributed by atoms with Crippen LogP contribution in [-0.4, -0.2) is 52.9 Å². The second-order valence-corrected chi connectivity index (χ2v) is 10.1. The van der Waals surface area contributed by atoms with Gasteiger partial charge in [0, 0.05) is 12.6 Å². The maximum atomic E-state index is 14.0. The number of rotatable bonds is 11. The van der Waals surface area contributed by atoms with Gasteiger partial charge in [-0.05, 0) is 79.1 Å². The van der Waals surface area contributed by atoms with Gasteiger partial charge in [0.15, 0.2) is 0 Å². The van der Waals surface area contributed by atoms with E-state index >= 15 is 0 Å². The van der Waals surface area contributed by atoms with Crippen molar-refractivity contribution in [3.63, 3.8) is 0 Å². The molecule has 0 aliphatic carbocycles. The van der Waals surface area contributed by atoms with E-state index in [0.717, 1.165) is 53.6 Å². The van der Waals surface area contributed by atoms with E-state index in [1.807, 2.05) is 67.6 Å². The zero-order valence-electron chi connectivity index (χ0n) is 21.6. The third-order valence-corrected chi connectivity index (χ3v) is 7.21. The van der Waals surface area contributed by atoms with Crippen LogP contribution in [-0.2, 0) is 22.4 Å². The summed E-state index contributed by atoms with van der Waals surface area (Å²) in [7, 11) is 0. The van der Waals surface area contributed by atoms with E-state index in [1.54, 1.807) is 13.0 Å². The van der Waals surface area contributed by atoms with Crippen molar-refractivity contribution in [3.8, 4) is 11.1 Å². The number of hydrogen-bond acceptors (Lipinski definition) is 4. The number of benzene rings is 3. The van der Waals surface area contributed by atoms with Crippen LogP contribution in [0.15, 0.2) is 66.7 Å². The van der Waals surface area contributed by atoms with Gasteiger partial charge in [0.1, 0.15) is 5.82 Å². The van der Waals surface area contributed by atoms with Gasteiger partial charge in [-0.1, -0.05) is 60.7 Å². The van der Waals surface area contributed by atoms with Gasteiger partial charge < -0.3 is 14.9 Å². The summed E-state index contributed by atoms with van der Waals surface area (Å²) in [6, 6.07) is 21.3. The number of aryl methyl sites for hydroxylation is 1. The molecular formula is C31H36FNO4. The molecule has 37 heavy (non-hydrogen) atoms. The third-order valence-electron chi connectivity index (χ3n) is 7.21. The lowest BCUT2D eigenvalue weighted by Crippen LogP contribution is -2.39. The SMILES string of the molecule is Cc1ccc(C[C@@H]2CCCN2C[C@@H](O)CO[C@H](C)c2ccccc2-c2ccc(CC(=O)O)cc2)cc1F. The molecule has 196 valence electrons. The smallest absolute Gasteiger partial charge is 0.307 e. The van der Waals surface area contributed by atoms with Crippen LogP contribution in [0.1, 0.15) is 48.1 Å². The number of likely N-dealkylation sites (tertiary alicyclic amines) is 1. The zero-order valence-corrected chi connectivity index (χ0v) is 21.6. The Hall–Kier alpha value is -3.06. The van der Waals surface area contributed by atoms with Crippen molar-refractivity contribution < 1.29 is 24.1 Å². The van der Waals surface area contributed by atoms with E-state index in [1.165, 1.54) is 0 Å². The average molecular weight is 506 g/mol. The first-order valence-corrected chi connectivity index (χ1v) is 13.0. The molecule has 2 N–H and O–H groups in total. The first-order valence-electron chi connectivity index (χ1n) is 13.0. The lowest BCUT2D eigenvalue weighted by atomic mass is 9.95. The fourth-order valence-electron chi connectivity index (χ4n) is 5.16. The Morgan fingerprint density at radius 1 is 1.11 bits per heavy atom. The van der Waals surface area contributed by atoms with Crippen LogP contribution in [0.3, 0.4) is 0 Å². The Balaban J connectivity index is 1.34. The van der Waals surface area contributed by atoms with Gasteiger partial charge in [-0.3, -0.25) is 9.69 Å². The molecule has 0 bridgehead atoms. The molecule has 1 saturated heterocycles. The summed E-state index contributed by atoms with van der Waals surface area (Å²) in [6.45, 7) is 5.42. The Bertz CT molecular complexity index is 1200.